The molecule has 4 aromatic rings. The fourth-order valence-corrected chi connectivity index (χ4v) is 4.07. The van der Waals surface area contributed by atoms with Crippen molar-refractivity contribution in [1.29, 1.82) is 0 Å². The second kappa shape index (κ2) is 8.41. The van der Waals surface area contributed by atoms with Crippen LogP contribution >= 0.6 is 0 Å². The van der Waals surface area contributed by atoms with E-state index in [0.29, 0.717) is 29.0 Å². The zero-order valence-electron chi connectivity index (χ0n) is 16.5. The zero-order chi connectivity index (χ0) is 21.1. The number of benzene rings is 1. The molecule has 10 nitrogen and oxygen atoms in total. The number of fused-ring (bicyclic) bond motifs is 1. The predicted molar refractivity (Wildman–Crippen MR) is 109 cm³/mol. The maximum atomic E-state index is 13.1. The maximum Gasteiger partial charge on any atom is 0.235 e. The van der Waals surface area contributed by atoms with Gasteiger partial charge in [0.2, 0.25) is 5.88 Å². The summed E-state index contributed by atoms with van der Waals surface area (Å²) in [6.07, 6.45) is 5.08. The number of aromatic nitrogens is 4. The van der Waals surface area contributed by atoms with Gasteiger partial charge in [0.1, 0.15) is 16.9 Å². The van der Waals surface area contributed by atoms with Crippen molar-refractivity contribution in [3.63, 3.8) is 0 Å². The second-order valence-electron chi connectivity index (χ2n) is 6.13. The topological polar surface area (TPSA) is 114 Å². The molecule has 11 heteroatoms. The molecule has 3 heterocycles. The van der Waals surface area contributed by atoms with Crippen LogP contribution in [-0.2, 0) is 17.5 Å². The smallest absolute Gasteiger partial charge is 0.235 e. The Bertz CT molecular complexity index is 1170. The maximum absolute atomic E-state index is 13.1. The van der Waals surface area contributed by atoms with Gasteiger partial charge >= 0.3 is 0 Å². The molecule has 0 radical (unpaired) electrons. The van der Waals surface area contributed by atoms with Gasteiger partial charge in [0.05, 0.1) is 27.9 Å². The van der Waals surface area contributed by atoms with Crippen LogP contribution in [-0.4, -0.2) is 45.5 Å². The molecule has 3 aromatic heterocycles. The average molecular weight is 429 g/mol. The number of hydrogen-bond donors (Lipinski definition) is 1. The number of methoxy groups -OCH3 is 3. The van der Waals surface area contributed by atoms with Crippen molar-refractivity contribution in [2.24, 2.45) is 0 Å². The van der Waals surface area contributed by atoms with Crippen molar-refractivity contribution in [1.82, 2.24) is 19.9 Å². The van der Waals surface area contributed by atoms with Crippen LogP contribution in [0.5, 0.6) is 17.4 Å². The van der Waals surface area contributed by atoms with Gasteiger partial charge in [-0.2, -0.15) is 5.10 Å². The van der Waals surface area contributed by atoms with E-state index in [1.54, 1.807) is 24.1 Å². The van der Waals surface area contributed by atoms with Crippen molar-refractivity contribution in [3.8, 4) is 17.4 Å². The third-order valence-corrected chi connectivity index (χ3v) is 5.47. The summed E-state index contributed by atoms with van der Waals surface area (Å²) < 4.78 is 39.2. The lowest BCUT2D eigenvalue weighted by Gasteiger charge is -2.12. The number of nitrogens with one attached hydrogen (secondary N) is 1. The van der Waals surface area contributed by atoms with Crippen LogP contribution in [0.2, 0.25) is 0 Å². The van der Waals surface area contributed by atoms with Gasteiger partial charge in [-0.05, 0) is 23.8 Å². The van der Waals surface area contributed by atoms with E-state index in [-0.39, 0.29) is 16.6 Å². The Morgan fingerprint density at radius 2 is 1.97 bits per heavy atom. The Morgan fingerprint density at radius 1 is 1.13 bits per heavy atom. The first-order valence-electron chi connectivity index (χ1n) is 8.83. The molecule has 1 aromatic carbocycles. The summed E-state index contributed by atoms with van der Waals surface area (Å²) in [7, 11) is 2.68. The van der Waals surface area contributed by atoms with Crippen LogP contribution in [0, 0.1) is 0 Å². The van der Waals surface area contributed by atoms with Gasteiger partial charge in [0.25, 0.3) is 0 Å². The minimum Gasteiger partial charge on any atom is -0.496 e. The van der Waals surface area contributed by atoms with Crippen LogP contribution < -0.4 is 18.9 Å². The molecule has 4 rings (SSSR count). The number of hydrogen-bond acceptors (Lipinski definition) is 8. The lowest BCUT2D eigenvalue weighted by atomic mass is 10.1. The van der Waals surface area contributed by atoms with Gasteiger partial charge in [0.15, 0.2) is 27.3 Å². The van der Waals surface area contributed by atoms with Crippen LogP contribution in [0.15, 0.2) is 52.3 Å². The van der Waals surface area contributed by atoms with E-state index in [0.717, 1.165) is 5.56 Å². The summed E-state index contributed by atoms with van der Waals surface area (Å²) in [5.41, 5.74) is 1.41. The van der Waals surface area contributed by atoms with Crippen LogP contribution in [0.4, 0.5) is 5.82 Å². The van der Waals surface area contributed by atoms with Gasteiger partial charge in [0, 0.05) is 24.7 Å². The first kappa shape index (κ1) is 19.7. The van der Waals surface area contributed by atoms with Crippen molar-refractivity contribution >= 4 is 27.8 Å². The van der Waals surface area contributed by atoms with Crippen molar-refractivity contribution in [2.45, 2.75) is 11.4 Å². The molecule has 0 aliphatic heterocycles. The number of ether oxygens (including phenoxy) is 3. The van der Waals surface area contributed by atoms with E-state index in [2.05, 4.69) is 20.0 Å². The SMILES string of the molecule is COc1ccnc(OC)c1S(=O)Nc1noc2cc(Cn3cccn3)cc(OC)c12. The molecule has 156 valence electrons. The Morgan fingerprint density at radius 3 is 2.67 bits per heavy atom. The van der Waals surface area contributed by atoms with Crippen molar-refractivity contribution in [2.75, 3.05) is 26.1 Å². The molecule has 0 amide bonds. The summed E-state index contributed by atoms with van der Waals surface area (Å²) >= 11 is 0. The summed E-state index contributed by atoms with van der Waals surface area (Å²) in [5, 5.41) is 8.81. The number of nitrogens with zero attached hydrogens (tertiary/aromatic N) is 4. The van der Waals surface area contributed by atoms with Gasteiger partial charge in [-0.3, -0.25) is 9.40 Å². The monoisotopic (exact) mass is 429 g/mol. The third-order valence-electron chi connectivity index (χ3n) is 4.35. The first-order chi connectivity index (χ1) is 14.6. The lowest BCUT2D eigenvalue weighted by molar-refractivity contribution is 0.363. The van der Waals surface area contributed by atoms with Gasteiger partial charge in [-0.1, -0.05) is 5.16 Å². The molecular weight excluding hydrogens is 410 g/mol. The molecule has 0 bridgehead atoms. The van der Waals surface area contributed by atoms with Crippen LogP contribution in [0.3, 0.4) is 0 Å². The Labute approximate surface area is 174 Å². The Hall–Kier alpha value is -3.60. The predicted octanol–water partition coefficient (Wildman–Crippen LogP) is 2.63. The number of anilines is 1. The standard InChI is InChI=1S/C19H19N5O5S/c1-26-13-5-7-20-19(28-3)17(13)30(25)23-18-16-14(27-2)9-12(10-15(16)29-22-18)11-24-8-4-6-21-24/h4-10H,11H2,1-3H3,(H,22,23). The van der Waals surface area contributed by atoms with Gasteiger partial charge in [-0.15, -0.1) is 0 Å². The molecule has 0 saturated heterocycles. The average Bonchev–Trinajstić information content (AvgIpc) is 3.42. The molecule has 1 N–H and O–H groups in total. The van der Waals surface area contributed by atoms with E-state index < -0.39 is 11.0 Å². The van der Waals surface area contributed by atoms with E-state index in [9.17, 15) is 4.21 Å². The Kier molecular flexibility index (Phi) is 5.53. The minimum absolute atomic E-state index is 0.182. The normalized spacial score (nSPS) is 12.0. The van der Waals surface area contributed by atoms with Gasteiger partial charge in [-0.25, -0.2) is 9.19 Å². The fourth-order valence-electron chi connectivity index (χ4n) is 3.02. The summed E-state index contributed by atoms with van der Waals surface area (Å²) in [5.74, 6) is 1.34. The zero-order valence-corrected chi connectivity index (χ0v) is 17.3. The van der Waals surface area contributed by atoms with E-state index in [4.69, 9.17) is 18.7 Å². The summed E-state index contributed by atoms with van der Waals surface area (Å²) in [4.78, 5) is 4.34. The van der Waals surface area contributed by atoms with Gasteiger partial charge < -0.3 is 18.7 Å². The second-order valence-corrected chi connectivity index (χ2v) is 7.28. The Balaban J connectivity index is 1.70. The molecular formula is C19H19N5O5S. The third kappa shape index (κ3) is 3.66. The highest BCUT2D eigenvalue weighted by atomic mass is 32.2. The highest BCUT2D eigenvalue weighted by molar-refractivity contribution is 7.86. The van der Waals surface area contributed by atoms with E-state index in [1.165, 1.54) is 20.4 Å². The minimum atomic E-state index is -1.79. The molecule has 0 aliphatic carbocycles. The number of rotatable bonds is 8. The molecule has 1 atom stereocenters. The quantitative estimate of drug-likeness (QED) is 0.455. The summed E-state index contributed by atoms with van der Waals surface area (Å²) in [6.45, 7) is 0.540. The molecule has 0 fully saturated rings. The molecule has 0 aliphatic rings. The molecule has 0 spiro atoms. The van der Waals surface area contributed by atoms with Crippen LogP contribution in [0.1, 0.15) is 5.56 Å². The summed E-state index contributed by atoms with van der Waals surface area (Å²) in [6, 6.07) is 7.15. The highest BCUT2D eigenvalue weighted by Gasteiger charge is 2.22. The molecule has 0 saturated carbocycles. The van der Waals surface area contributed by atoms with E-state index in [1.807, 2.05) is 24.4 Å². The van der Waals surface area contributed by atoms with Crippen molar-refractivity contribution < 1.29 is 22.9 Å². The van der Waals surface area contributed by atoms with Crippen LogP contribution in [0.25, 0.3) is 11.0 Å². The number of pyridine rings is 1. The lowest BCUT2D eigenvalue weighted by Crippen LogP contribution is -2.09. The largest absolute Gasteiger partial charge is 0.496 e. The molecule has 1 unspecified atom stereocenters. The van der Waals surface area contributed by atoms with Crippen molar-refractivity contribution in [3.05, 3.63) is 48.4 Å². The first-order valence-corrected chi connectivity index (χ1v) is 9.98. The molecule has 30 heavy (non-hydrogen) atoms. The highest BCUT2D eigenvalue weighted by Crippen LogP contribution is 2.36. The fraction of sp³-hybridized carbons (Fsp3) is 0.211. The van der Waals surface area contributed by atoms with E-state index >= 15 is 0 Å².